The predicted octanol–water partition coefficient (Wildman–Crippen LogP) is 7.17. The highest BCUT2D eigenvalue weighted by molar-refractivity contribution is 7.88. The lowest BCUT2D eigenvalue weighted by Gasteiger charge is -2.10. The summed E-state index contributed by atoms with van der Waals surface area (Å²) in [5.74, 6) is 0.416. The van der Waals surface area contributed by atoms with Gasteiger partial charge in [-0.2, -0.15) is 35.1 Å². The number of benzene rings is 4. The van der Waals surface area contributed by atoms with Gasteiger partial charge in [0.05, 0.1) is 0 Å². The van der Waals surface area contributed by atoms with Crippen LogP contribution in [0.1, 0.15) is 0 Å². The van der Waals surface area contributed by atoms with Gasteiger partial charge in [0.2, 0.25) is 0 Å². The van der Waals surface area contributed by atoms with Crippen LogP contribution in [-0.2, 0) is 10.1 Å². The van der Waals surface area contributed by atoms with Crippen molar-refractivity contribution in [3.8, 4) is 28.4 Å². The Kier molecular flexibility index (Phi) is 9.58. The smallest absolute Gasteiger partial charge is 0.457 e. The van der Waals surface area contributed by atoms with E-state index in [-0.39, 0.29) is 13.5 Å². The van der Waals surface area contributed by atoms with E-state index in [1.54, 1.807) is 30.3 Å². The Bertz CT molecular complexity index is 1190. The van der Waals surface area contributed by atoms with E-state index in [1.807, 2.05) is 12.1 Å². The zero-order valence-electron chi connectivity index (χ0n) is 17.6. The first-order chi connectivity index (χ1) is 15.7. The van der Waals surface area contributed by atoms with E-state index in [0.717, 1.165) is 12.1 Å². The molecule has 4 nitrogen and oxygen atoms in total. The van der Waals surface area contributed by atoms with Crippen LogP contribution in [0.2, 0.25) is 0 Å². The van der Waals surface area contributed by atoms with Crippen molar-refractivity contribution in [3.63, 3.8) is 0 Å². The monoisotopic (exact) mass is 506 g/mol. The fourth-order valence-electron chi connectivity index (χ4n) is 2.62. The van der Waals surface area contributed by atoms with Crippen LogP contribution < -0.4 is 8.92 Å². The predicted molar refractivity (Wildman–Crippen MR) is 131 cm³/mol. The third-order valence-electron chi connectivity index (χ3n) is 4.17. The first kappa shape index (κ1) is 26.8. The molecule has 0 aromatic heterocycles. The van der Waals surface area contributed by atoms with Crippen LogP contribution >= 0.6 is 13.5 Å². The van der Waals surface area contributed by atoms with Crippen molar-refractivity contribution in [2.45, 2.75) is 5.51 Å². The third-order valence-corrected chi connectivity index (χ3v) is 5.15. The molecule has 0 atom stereocenters. The Labute approximate surface area is 203 Å². The van der Waals surface area contributed by atoms with Crippen LogP contribution in [-0.4, -0.2) is 13.9 Å². The maximum Gasteiger partial charge on any atom is 0.534 e. The maximum atomic E-state index is 12.1. The van der Waals surface area contributed by atoms with Crippen LogP contribution in [0.25, 0.3) is 11.1 Å². The van der Waals surface area contributed by atoms with Gasteiger partial charge in [0.15, 0.2) is 0 Å². The largest absolute Gasteiger partial charge is 0.534 e. The highest BCUT2D eigenvalue weighted by atomic mass is 32.2. The molecule has 0 saturated heterocycles. The molecule has 0 aliphatic rings. The standard InChI is InChI=1S/C13H9F3O4S.C12H10.H2S/c14-13(15,16)21(17,18)20-12-8-6-11(7-9-12)19-10-4-2-1-3-5-10;1-3-7-11(8-4-1)12-9-5-2-6-10-12;/h1-9H;1-10H;1H2. The molecule has 0 spiro atoms. The number of halogens is 3. The average molecular weight is 507 g/mol. The molecule has 0 N–H and O–H groups in total. The lowest BCUT2D eigenvalue weighted by Crippen LogP contribution is -2.27. The van der Waals surface area contributed by atoms with Crippen LogP contribution in [0.5, 0.6) is 17.2 Å². The van der Waals surface area contributed by atoms with Gasteiger partial charge in [-0.05, 0) is 47.5 Å². The molecule has 4 aromatic carbocycles. The maximum absolute atomic E-state index is 12.1. The van der Waals surface area contributed by atoms with Gasteiger partial charge in [0.25, 0.3) is 0 Å². The Balaban J connectivity index is 0.000000266. The quantitative estimate of drug-likeness (QED) is 0.213. The summed E-state index contributed by atoms with van der Waals surface area (Å²) >= 11 is 0. The molecule has 0 fully saturated rings. The van der Waals surface area contributed by atoms with Crippen molar-refractivity contribution < 1.29 is 30.5 Å². The molecule has 4 rings (SSSR count). The van der Waals surface area contributed by atoms with Crippen LogP contribution in [0, 0.1) is 0 Å². The fraction of sp³-hybridized carbons (Fsp3) is 0.0400. The third kappa shape index (κ3) is 7.86. The molecule has 0 bridgehead atoms. The Hall–Kier alpha value is -3.43. The van der Waals surface area contributed by atoms with Crippen LogP contribution in [0.4, 0.5) is 13.2 Å². The molecule has 9 heteroatoms. The first-order valence-corrected chi connectivity index (χ1v) is 11.1. The molecule has 0 aliphatic carbocycles. The molecule has 4 aromatic rings. The zero-order chi connectivity index (χ0) is 23.7. The average Bonchev–Trinajstić information content (AvgIpc) is 2.82. The minimum absolute atomic E-state index is 0. The van der Waals surface area contributed by atoms with Crippen LogP contribution in [0.15, 0.2) is 115 Å². The summed E-state index contributed by atoms with van der Waals surface area (Å²) in [7, 11) is -5.66. The molecule has 0 heterocycles. The molecule has 0 radical (unpaired) electrons. The highest BCUT2D eigenvalue weighted by Gasteiger charge is 2.48. The molecule has 0 unspecified atom stereocenters. The second kappa shape index (κ2) is 12.2. The number of hydrogen-bond acceptors (Lipinski definition) is 4. The summed E-state index contributed by atoms with van der Waals surface area (Å²) in [5.41, 5.74) is -2.91. The van der Waals surface area contributed by atoms with Crippen LogP contribution in [0.3, 0.4) is 0 Å². The Morgan fingerprint density at radius 3 is 1.29 bits per heavy atom. The van der Waals surface area contributed by atoms with Gasteiger partial charge in [-0.3, -0.25) is 0 Å². The number of hydrogen-bond donors (Lipinski definition) is 0. The summed E-state index contributed by atoms with van der Waals surface area (Å²) in [4.78, 5) is 0. The molecule has 0 amide bonds. The van der Waals surface area contributed by atoms with Gasteiger partial charge in [-0.25, -0.2) is 0 Å². The number of alkyl halides is 3. The minimum Gasteiger partial charge on any atom is -0.457 e. The number of para-hydroxylation sites is 1. The van der Waals surface area contributed by atoms with Crippen molar-refractivity contribution in [1.82, 2.24) is 0 Å². The Morgan fingerprint density at radius 1 is 0.529 bits per heavy atom. The lowest BCUT2D eigenvalue weighted by atomic mass is 10.1. The second-order valence-electron chi connectivity index (χ2n) is 6.60. The molecular formula is C25H21F3O4S2. The van der Waals surface area contributed by atoms with Gasteiger partial charge >= 0.3 is 15.6 Å². The van der Waals surface area contributed by atoms with Crippen molar-refractivity contribution in [2.24, 2.45) is 0 Å². The van der Waals surface area contributed by atoms with E-state index in [9.17, 15) is 21.6 Å². The topological polar surface area (TPSA) is 52.6 Å². The number of ether oxygens (including phenoxy) is 1. The van der Waals surface area contributed by atoms with Gasteiger partial charge < -0.3 is 8.92 Å². The SMILES string of the molecule is O=S(=O)(Oc1ccc(Oc2ccccc2)cc1)C(F)(F)F.S.c1ccc(-c2ccccc2)cc1. The normalized spacial score (nSPS) is 10.8. The highest BCUT2D eigenvalue weighted by Crippen LogP contribution is 2.29. The molecule has 178 valence electrons. The Morgan fingerprint density at radius 2 is 0.882 bits per heavy atom. The number of rotatable bonds is 5. The van der Waals surface area contributed by atoms with E-state index in [1.165, 1.54) is 23.3 Å². The summed E-state index contributed by atoms with van der Waals surface area (Å²) in [6.07, 6.45) is 0. The van der Waals surface area contributed by atoms with E-state index in [4.69, 9.17) is 4.74 Å². The van der Waals surface area contributed by atoms with Crippen molar-refractivity contribution in [3.05, 3.63) is 115 Å². The van der Waals surface area contributed by atoms with Crippen molar-refractivity contribution >= 4 is 23.6 Å². The molecule has 34 heavy (non-hydrogen) atoms. The minimum atomic E-state index is -5.66. The lowest BCUT2D eigenvalue weighted by molar-refractivity contribution is -0.0500. The van der Waals surface area contributed by atoms with E-state index >= 15 is 0 Å². The van der Waals surface area contributed by atoms with Gasteiger partial charge in [0.1, 0.15) is 17.2 Å². The van der Waals surface area contributed by atoms with Gasteiger partial charge in [-0.1, -0.05) is 78.9 Å². The van der Waals surface area contributed by atoms with Gasteiger partial charge in [-0.15, -0.1) is 0 Å². The van der Waals surface area contributed by atoms with Crippen molar-refractivity contribution in [1.29, 1.82) is 0 Å². The molecule has 0 aliphatic heterocycles. The first-order valence-electron chi connectivity index (χ1n) is 9.69. The fourth-order valence-corrected chi connectivity index (χ4v) is 3.08. The van der Waals surface area contributed by atoms with Crippen molar-refractivity contribution in [2.75, 3.05) is 0 Å². The summed E-state index contributed by atoms with van der Waals surface area (Å²) < 4.78 is 67.4. The zero-order valence-corrected chi connectivity index (χ0v) is 19.5. The van der Waals surface area contributed by atoms with Gasteiger partial charge in [0, 0.05) is 0 Å². The summed E-state index contributed by atoms with van der Waals surface area (Å²) in [6, 6.07) is 34.2. The molecular weight excluding hydrogens is 485 g/mol. The summed E-state index contributed by atoms with van der Waals surface area (Å²) in [5, 5.41) is 0. The van der Waals surface area contributed by atoms with E-state index < -0.39 is 21.4 Å². The second-order valence-corrected chi connectivity index (χ2v) is 8.14. The summed E-state index contributed by atoms with van der Waals surface area (Å²) in [6.45, 7) is 0. The van der Waals surface area contributed by atoms with E-state index in [0.29, 0.717) is 11.5 Å². The van der Waals surface area contributed by atoms with E-state index in [2.05, 4.69) is 52.7 Å². The molecule has 0 saturated carbocycles.